The summed E-state index contributed by atoms with van der Waals surface area (Å²) < 4.78 is 17.3. The molecule has 2 saturated heterocycles. The Balaban J connectivity index is 1.27. The maximum atomic E-state index is 6.27. The molecule has 2 aliphatic rings. The number of piperidine rings is 1. The molecule has 134 valence electrons. The number of likely N-dealkylation sites (tertiary alicyclic amines) is 1. The second kappa shape index (κ2) is 7.58. The summed E-state index contributed by atoms with van der Waals surface area (Å²) in [5.74, 6) is 1.45. The van der Waals surface area contributed by atoms with E-state index in [9.17, 15) is 0 Å². The fraction of sp³-hybridized carbons (Fsp3) is 0.550. The number of hydrogen-bond acceptors (Lipinski definition) is 5. The predicted octanol–water partition coefficient (Wildman–Crippen LogP) is 3.51. The molecule has 4 rings (SSSR count). The Bertz CT molecular complexity index is 636. The van der Waals surface area contributed by atoms with Gasteiger partial charge in [0.25, 0.3) is 0 Å². The average molecular weight is 342 g/mol. The van der Waals surface area contributed by atoms with Crippen LogP contribution in [0.25, 0.3) is 0 Å². The quantitative estimate of drug-likeness (QED) is 0.804. The first-order valence-electron chi connectivity index (χ1n) is 9.24. The van der Waals surface area contributed by atoms with Crippen molar-refractivity contribution >= 4 is 0 Å². The molecule has 0 N–H and O–H groups in total. The van der Waals surface area contributed by atoms with Gasteiger partial charge in [0.2, 0.25) is 0 Å². The number of hydrogen-bond donors (Lipinski definition) is 0. The summed E-state index contributed by atoms with van der Waals surface area (Å²) in [5, 5.41) is 0. The molecule has 2 aromatic rings. The topological polar surface area (TPSA) is 47.7 Å². The second-order valence-electron chi connectivity index (χ2n) is 7.13. The maximum Gasteiger partial charge on any atom is 0.137 e. The Hall–Kier alpha value is -1.85. The zero-order valence-electron chi connectivity index (χ0n) is 14.6. The van der Waals surface area contributed by atoms with Gasteiger partial charge in [0.05, 0.1) is 30.9 Å². The highest BCUT2D eigenvalue weighted by Gasteiger charge is 2.45. The van der Waals surface area contributed by atoms with Gasteiger partial charge < -0.3 is 13.9 Å². The molecule has 0 aromatic carbocycles. The zero-order valence-corrected chi connectivity index (χ0v) is 14.6. The van der Waals surface area contributed by atoms with E-state index < -0.39 is 0 Å². The number of rotatable bonds is 6. The Kier molecular flexibility index (Phi) is 5.04. The first-order chi connectivity index (χ1) is 12.3. The highest BCUT2D eigenvalue weighted by Crippen LogP contribution is 2.42. The molecule has 5 heteroatoms. The molecule has 2 aliphatic heterocycles. The van der Waals surface area contributed by atoms with Crippen LogP contribution in [0, 0.1) is 5.92 Å². The summed E-state index contributed by atoms with van der Waals surface area (Å²) in [5.41, 5.74) is 1.32. The molecule has 0 unspecified atom stereocenters. The lowest BCUT2D eigenvalue weighted by Gasteiger charge is -2.42. The standard InChI is InChI=1S/C20H26N2O3/c1-2-19(14-21-8-1)24-12-4-18-5-13-25-20(18)6-9-22(10-7-20)15-17-3-11-23-16-17/h1-3,8,11,14,16,18H,4-7,9-10,12-13,15H2/t18-/m0/s1. The van der Waals surface area contributed by atoms with E-state index in [1.54, 1.807) is 18.7 Å². The van der Waals surface area contributed by atoms with Crippen LogP contribution in [0.3, 0.4) is 0 Å². The van der Waals surface area contributed by atoms with E-state index in [2.05, 4.69) is 16.0 Å². The van der Waals surface area contributed by atoms with E-state index in [-0.39, 0.29) is 5.60 Å². The van der Waals surface area contributed by atoms with Gasteiger partial charge in [0.1, 0.15) is 5.75 Å². The molecule has 0 amide bonds. The van der Waals surface area contributed by atoms with Gasteiger partial charge in [-0.15, -0.1) is 0 Å². The van der Waals surface area contributed by atoms with Gasteiger partial charge in [-0.25, -0.2) is 0 Å². The highest BCUT2D eigenvalue weighted by molar-refractivity contribution is 5.15. The molecule has 2 aromatic heterocycles. The van der Waals surface area contributed by atoms with Crippen LogP contribution >= 0.6 is 0 Å². The van der Waals surface area contributed by atoms with Gasteiger partial charge in [-0.05, 0) is 49.8 Å². The van der Waals surface area contributed by atoms with E-state index in [4.69, 9.17) is 13.9 Å². The van der Waals surface area contributed by atoms with Gasteiger partial charge >= 0.3 is 0 Å². The minimum Gasteiger partial charge on any atom is -0.492 e. The van der Waals surface area contributed by atoms with Crippen molar-refractivity contribution in [3.8, 4) is 5.75 Å². The summed E-state index contributed by atoms with van der Waals surface area (Å²) in [6, 6.07) is 5.92. The zero-order chi connectivity index (χ0) is 17.0. The number of pyridine rings is 1. The first kappa shape index (κ1) is 16.6. The molecule has 0 bridgehead atoms. The lowest BCUT2D eigenvalue weighted by atomic mass is 9.78. The summed E-state index contributed by atoms with van der Waals surface area (Å²) >= 11 is 0. The van der Waals surface area contributed by atoms with Crippen molar-refractivity contribution in [2.45, 2.75) is 37.8 Å². The van der Waals surface area contributed by atoms with Crippen LogP contribution in [-0.2, 0) is 11.3 Å². The third-order valence-corrected chi connectivity index (χ3v) is 5.66. The van der Waals surface area contributed by atoms with E-state index in [1.807, 2.05) is 18.4 Å². The van der Waals surface area contributed by atoms with E-state index >= 15 is 0 Å². The number of aromatic nitrogens is 1. The number of nitrogens with zero attached hydrogens (tertiary/aromatic N) is 2. The molecule has 0 aliphatic carbocycles. The Morgan fingerprint density at radius 2 is 2.20 bits per heavy atom. The van der Waals surface area contributed by atoms with E-state index in [0.717, 1.165) is 64.3 Å². The molecule has 0 radical (unpaired) electrons. The monoisotopic (exact) mass is 342 g/mol. The SMILES string of the molecule is c1cncc(OCC[C@H]2CCOC23CCN(Cc2ccoc2)CC3)c1. The third kappa shape index (κ3) is 3.88. The van der Waals surface area contributed by atoms with Gasteiger partial charge in [-0.2, -0.15) is 0 Å². The Morgan fingerprint density at radius 3 is 2.96 bits per heavy atom. The van der Waals surface area contributed by atoms with Crippen molar-refractivity contribution in [3.63, 3.8) is 0 Å². The summed E-state index contributed by atoms with van der Waals surface area (Å²) in [6.07, 6.45) is 11.6. The molecule has 5 nitrogen and oxygen atoms in total. The van der Waals surface area contributed by atoms with Gasteiger partial charge in [-0.3, -0.25) is 9.88 Å². The molecular formula is C20H26N2O3. The van der Waals surface area contributed by atoms with Crippen molar-refractivity contribution in [2.24, 2.45) is 5.92 Å². The normalized spacial score (nSPS) is 23.1. The predicted molar refractivity (Wildman–Crippen MR) is 94.4 cm³/mol. The molecule has 1 spiro atoms. The van der Waals surface area contributed by atoms with Crippen molar-refractivity contribution in [2.75, 3.05) is 26.3 Å². The summed E-state index contributed by atoms with van der Waals surface area (Å²) in [4.78, 5) is 6.60. The maximum absolute atomic E-state index is 6.27. The molecule has 2 fully saturated rings. The van der Waals surface area contributed by atoms with Crippen LogP contribution < -0.4 is 4.74 Å². The fourth-order valence-corrected chi connectivity index (χ4v) is 4.23. The van der Waals surface area contributed by atoms with Crippen LogP contribution in [0.15, 0.2) is 47.5 Å². The van der Waals surface area contributed by atoms with Crippen molar-refractivity contribution in [1.82, 2.24) is 9.88 Å². The second-order valence-corrected chi connectivity index (χ2v) is 7.13. The third-order valence-electron chi connectivity index (χ3n) is 5.66. The fourth-order valence-electron chi connectivity index (χ4n) is 4.23. The molecular weight excluding hydrogens is 316 g/mol. The minimum absolute atomic E-state index is 0.0607. The van der Waals surface area contributed by atoms with Crippen LogP contribution in [0.2, 0.25) is 0 Å². The van der Waals surface area contributed by atoms with Gasteiger partial charge in [0, 0.05) is 38.0 Å². The average Bonchev–Trinajstić information content (AvgIpc) is 3.29. The summed E-state index contributed by atoms with van der Waals surface area (Å²) in [7, 11) is 0. The Labute approximate surface area is 148 Å². The number of furan rings is 1. The largest absolute Gasteiger partial charge is 0.492 e. The van der Waals surface area contributed by atoms with Crippen LogP contribution in [-0.4, -0.2) is 41.8 Å². The smallest absolute Gasteiger partial charge is 0.137 e. The number of ether oxygens (including phenoxy) is 2. The highest BCUT2D eigenvalue weighted by atomic mass is 16.5. The van der Waals surface area contributed by atoms with Crippen LogP contribution in [0.1, 0.15) is 31.2 Å². The Morgan fingerprint density at radius 1 is 1.28 bits per heavy atom. The van der Waals surface area contributed by atoms with Crippen LogP contribution in [0.5, 0.6) is 5.75 Å². The van der Waals surface area contributed by atoms with Crippen molar-refractivity contribution < 1.29 is 13.9 Å². The lowest BCUT2D eigenvalue weighted by molar-refractivity contribution is -0.0708. The van der Waals surface area contributed by atoms with Crippen molar-refractivity contribution in [1.29, 1.82) is 0 Å². The first-order valence-corrected chi connectivity index (χ1v) is 9.24. The summed E-state index contributed by atoms with van der Waals surface area (Å²) in [6.45, 7) is 4.77. The van der Waals surface area contributed by atoms with Gasteiger partial charge in [-0.1, -0.05) is 0 Å². The van der Waals surface area contributed by atoms with E-state index in [0.29, 0.717) is 5.92 Å². The van der Waals surface area contributed by atoms with E-state index in [1.165, 1.54) is 5.56 Å². The minimum atomic E-state index is 0.0607. The van der Waals surface area contributed by atoms with Crippen molar-refractivity contribution in [3.05, 3.63) is 48.7 Å². The molecule has 1 atom stereocenters. The lowest BCUT2D eigenvalue weighted by Crippen LogP contribution is -2.47. The van der Waals surface area contributed by atoms with Gasteiger partial charge in [0.15, 0.2) is 0 Å². The molecule has 4 heterocycles. The molecule has 25 heavy (non-hydrogen) atoms. The molecule has 0 saturated carbocycles. The van der Waals surface area contributed by atoms with Crippen LogP contribution in [0.4, 0.5) is 0 Å².